The average Bonchev–Trinajstić information content (AvgIpc) is 3.38. The van der Waals surface area contributed by atoms with E-state index in [1.165, 1.54) is 13.3 Å². The second-order valence-electron chi connectivity index (χ2n) is 8.74. The number of ether oxygens (including phenoxy) is 3. The van der Waals surface area contributed by atoms with Gasteiger partial charge in [0.05, 0.1) is 31.5 Å². The highest BCUT2D eigenvalue weighted by Crippen LogP contribution is 2.39. The summed E-state index contributed by atoms with van der Waals surface area (Å²) in [6.07, 6.45) is 1.46. The molecule has 4 aromatic carbocycles. The Labute approximate surface area is 249 Å². The highest BCUT2D eigenvalue weighted by Gasteiger charge is 2.22. The van der Waals surface area contributed by atoms with Crippen LogP contribution in [0.3, 0.4) is 0 Å². The number of aromatic amines is 1. The standard InChI is InChI=1S/C31H23BrClN3O5/c1-39-25-9-5-7-22-27(21-6-3-4-8-23(21)33)29(35-28(22)25)30(37)36-34-17-18-10-15-24(26(16-18)40-2)41-31(38)19-11-13-20(32)14-12-19/h3-17,35H,1-2H3,(H,36,37). The van der Waals surface area contributed by atoms with Crippen LogP contribution in [-0.2, 0) is 0 Å². The molecule has 0 unspecified atom stereocenters. The number of amides is 1. The lowest BCUT2D eigenvalue weighted by Gasteiger charge is -2.10. The zero-order chi connectivity index (χ0) is 28.9. The normalized spacial score (nSPS) is 11.0. The lowest BCUT2D eigenvalue weighted by atomic mass is 10.0. The fraction of sp³-hybridized carbons (Fsp3) is 0.0645. The Morgan fingerprint density at radius 2 is 1.66 bits per heavy atom. The summed E-state index contributed by atoms with van der Waals surface area (Å²) in [5.41, 5.74) is 5.85. The minimum absolute atomic E-state index is 0.248. The lowest BCUT2D eigenvalue weighted by Crippen LogP contribution is -2.19. The van der Waals surface area contributed by atoms with Crippen molar-refractivity contribution >= 4 is 56.5 Å². The second kappa shape index (κ2) is 12.3. The van der Waals surface area contributed by atoms with Crippen LogP contribution < -0.4 is 19.6 Å². The van der Waals surface area contributed by atoms with E-state index in [2.05, 4.69) is 31.4 Å². The highest BCUT2D eigenvalue weighted by atomic mass is 79.9. The molecule has 0 saturated heterocycles. The van der Waals surface area contributed by atoms with Gasteiger partial charge in [-0.15, -0.1) is 0 Å². The van der Waals surface area contributed by atoms with E-state index in [4.69, 9.17) is 25.8 Å². The number of carbonyl (C=O) groups excluding carboxylic acids is 2. The van der Waals surface area contributed by atoms with Crippen molar-refractivity contribution in [3.05, 3.63) is 111 Å². The summed E-state index contributed by atoms with van der Waals surface area (Å²) >= 11 is 9.86. The molecule has 0 aliphatic rings. The molecular formula is C31H23BrClN3O5. The molecule has 0 saturated carbocycles. The maximum absolute atomic E-state index is 13.3. The number of rotatable bonds is 8. The number of hydrazone groups is 1. The highest BCUT2D eigenvalue weighted by molar-refractivity contribution is 9.10. The van der Waals surface area contributed by atoms with Gasteiger partial charge in [0.2, 0.25) is 0 Å². The Kier molecular flexibility index (Phi) is 8.37. The Bertz CT molecular complexity index is 1780. The van der Waals surface area contributed by atoms with Crippen molar-refractivity contribution in [2.24, 2.45) is 5.10 Å². The molecule has 0 aliphatic heterocycles. The number of para-hydroxylation sites is 1. The summed E-state index contributed by atoms with van der Waals surface area (Å²) in [5.74, 6) is 0.175. The van der Waals surface area contributed by atoms with Crippen LogP contribution >= 0.6 is 27.5 Å². The molecule has 8 nitrogen and oxygen atoms in total. The summed E-state index contributed by atoms with van der Waals surface area (Å²) in [4.78, 5) is 29.0. The van der Waals surface area contributed by atoms with E-state index in [1.54, 1.807) is 55.6 Å². The van der Waals surface area contributed by atoms with Gasteiger partial charge in [-0.05, 0) is 60.2 Å². The lowest BCUT2D eigenvalue weighted by molar-refractivity contribution is 0.0729. The van der Waals surface area contributed by atoms with E-state index in [9.17, 15) is 9.59 Å². The Morgan fingerprint density at radius 3 is 2.39 bits per heavy atom. The van der Waals surface area contributed by atoms with Crippen LogP contribution in [0.4, 0.5) is 0 Å². The van der Waals surface area contributed by atoms with E-state index in [0.717, 1.165) is 9.86 Å². The molecule has 1 amide bonds. The van der Waals surface area contributed by atoms with E-state index in [1.807, 2.05) is 36.4 Å². The van der Waals surface area contributed by atoms with Crippen LogP contribution in [0.5, 0.6) is 17.2 Å². The Hall–Kier alpha value is -4.60. The first kappa shape index (κ1) is 27.9. The molecule has 0 fully saturated rings. The Balaban J connectivity index is 1.38. The topological polar surface area (TPSA) is 102 Å². The van der Waals surface area contributed by atoms with Crippen LogP contribution in [0.2, 0.25) is 5.02 Å². The number of nitrogens with zero attached hydrogens (tertiary/aromatic N) is 1. The monoisotopic (exact) mass is 631 g/mol. The molecule has 0 bridgehead atoms. The van der Waals surface area contributed by atoms with Crippen molar-refractivity contribution in [3.63, 3.8) is 0 Å². The first-order chi connectivity index (χ1) is 19.9. The molecule has 1 aromatic heterocycles. The summed E-state index contributed by atoms with van der Waals surface area (Å²) in [6.45, 7) is 0. The molecule has 1 heterocycles. The maximum atomic E-state index is 13.3. The zero-order valence-electron chi connectivity index (χ0n) is 21.9. The first-order valence-electron chi connectivity index (χ1n) is 12.3. The minimum Gasteiger partial charge on any atom is -0.495 e. The number of methoxy groups -OCH3 is 2. The van der Waals surface area contributed by atoms with Crippen LogP contribution in [0, 0.1) is 0 Å². The van der Waals surface area contributed by atoms with Gasteiger partial charge in [-0.25, -0.2) is 10.2 Å². The molecule has 206 valence electrons. The first-order valence-corrected chi connectivity index (χ1v) is 13.5. The molecule has 0 aliphatic carbocycles. The Morgan fingerprint density at radius 1 is 0.902 bits per heavy atom. The average molecular weight is 633 g/mol. The number of carbonyl (C=O) groups is 2. The SMILES string of the molecule is COc1cc(C=NNC(=O)c2[nH]c3c(OC)cccc3c2-c2ccccc2Cl)ccc1OC(=O)c1ccc(Br)cc1. The largest absolute Gasteiger partial charge is 0.495 e. The number of hydrogen-bond acceptors (Lipinski definition) is 6. The number of H-pyrrole nitrogens is 1. The van der Waals surface area contributed by atoms with Crippen molar-refractivity contribution in [1.82, 2.24) is 10.4 Å². The summed E-state index contributed by atoms with van der Waals surface area (Å²) in [7, 11) is 3.03. The third-order valence-electron chi connectivity index (χ3n) is 6.24. The van der Waals surface area contributed by atoms with E-state index in [-0.39, 0.29) is 11.4 Å². The number of aromatic nitrogens is 1. The smallest absolute Gasteiger partial charge is 0.343 e. The predicted octanol–water partition coefficient (Wildman–Crippen LogP) is 7.25. The van der Waals surface area contributed by atoms with Gasteiger partial charge < -0.3 is 19.2 Å². The number of hydrogen-bond donors (Lipinski definition) is 2. The van der Waals surface area contributed by atoms with Crippen LogP contribution in [0.25, 0.3) is 22.0 Å². The van der Waals surface area contributed by atoms with Crippen LogP contribution in [0.1, 0.15) is 26.4 Å². The van der Waals surface area contributed by atoms with E-state index < -0.39 is 11.9 Å². The molecule has 41 heavy (non-hydrogen) atoms. The molecule has 0 radical (unpaired) electrons. The van der Waals surface area contributed by atoms with Crippen molar-refractivity contribution < 1.29 is 23.8 Å². The van der Waals surface area contributed by atoms with E-state index in [0.29, 0.717) is 44.3 Å². The number of nitrogens with one attached hydrogen (secondary N) is 2. The van der Waals surface area contributed by atoms with Crippen LogP contribution in [-0.4, -0.2) is 37.3 Å². The van der Waals surface area contributed by atoms with Gasteiger partial charge in [-0.3, -0.25) is 4.79 Å². The van der Waals surface area contributed by atoms with Crippen LogP contribution in [0.15, 0.2) is 94.5 Å². The quantitative estimate of drug-likeness (QED) is 0.0812. The molecule has 2 N–H and O–H groups in total. The fourth-order valence-corrected chi connectivity index (χ4v) is 4.78. The fourth-order valence-electron chi connectivity index (χ4n) is 4.29. The van der Waals surface area contributed by atoms with Crippen molar-refractivity contribution in [3.8, 4) is 28.4 Å². The predicted molar refractivity (Wildman–Crippen MR) is 162 cm³/mol. The summed E-state index contributed by atoms with van der Waals surface area (Å²) < 4.78 is 17.3. The summed E-state index contributed by atoms with van der Waals surface area (Å²) in [6, 6.07) is 24.6. The molecule has 5 rings (SSSR count). The zero-order valence-corrected chi connectivity index (χ0v) is 24.2. The van der Waals surface area contributed by atoms with Gasteiger partial charge in [0.25, 0.3) is 5.91 Å². The number of fused-ring (bicyclic) bond motifs is 1. The van der Waals surface area contributed by atoms with E-state index >= 15 is 0 Å². The molecule has 0 spiro atoms. The van der Waals surface area contributed by atoms with Gasteiger partial charge >= 0.3 is 5.97 Å². The van der Waals surface area contributed by atoms with Gasteiger partial charge in [0, 0.05) is 26.0 Å². The third kappa shape index (κ3) is 5.96. The summed E-state index contributed by atoms with van der Waals surface area (Å²) in [5, 5.41) is 5.42. The second-order valence-corrected chi connectivity index (χ2v) is 10.1. The minimum atomic E-state index is -0.520. The molecule has 0 atom stereocenters. The van der Waals surface area contributed by atoms with Crippen molar-refractivity contribution in [2.45, 2.75) is 0 Å². The van der Waals surface area contributed by atoms with Gasteiger partial charge in [0.15, 0.2) is 11.5 Å². The number of halogens is 2. The van der Waals surface area contributed by atoms with Gasteiger partial charge in [-0.1, -0.05) is 57.9 Å². The van der Waals surface area contributed by atoms with Gasteiger partial charge in [0.1, 0.15) is 11.4 Å². The number of benzene rings is 4. The van der Waals surface area contributed by atoms with Crippen molar-refractivity contribution in [2.75, 3.05) is 14.2 Å². The van der Waals surface area contributed by atoms with Crippen molar-refractivity contribution in [1.29, 1.82) is 0 Å². The van der Waals surface area contributed by atoms with Gasteiger partial charge in [-0.2, -0.15) is 5.10 Å². The maximum Gasteiger partial charge on any atom is 0.343 e. The number of esters is 1. The third-order valence-corrected chi connectivity index (χ3v) is 7.09. The molecule has 10 heteroatoms. The molecule has 5 aromatic rings. The molecular weight excluding hydrogens is 610 g/mol.